The molecule has 0 aromatic heterocycles. The zero-order valence-electron chi connectivity index (χ0n) is 25.4. The average molecular weight is 546 g/mol. The number of nitrogens with one attached hydrogen (secondary N) is 1. The lowest BCUT2D eigenvalue weighted by Gasteiger charge is -2.37. The van der Waals surface area contributed by atoms with Crippen molar-refractivity contribution >= 4 is 5.78 Å². The number of likely N-dealkylation sites (tertiary alicyclic amines) is 1. The number of carbonyl (C=O) groups excluding carboxylic acids is 1. The molecule has 2 fully saturated rings. The SMILES string of the molecule is CN[C@@H](C)C(=O)C[C@H](CN1CCC[C@H]1CN(CCCCc1ccccc1)CCc1ccccc1)C1CCCCC1. The van der Waals surface area contributed by atoms with E-state index in [1.807, 2.05) is 14.0 Å². The monoisotopic (exact) mass is 545 g/mol. The van der Waals surface area contributed by atoms with E-state index < -0.39 is 0 Å². The number of hydrogen-bond donors (Lipinski definition) is 1. The van der Waals surface area contributed by atoms with Crippen molar-refractivity contribution in [1.82, 2.24) is 15.1 Å². The number of ketones is 1. The maximum atomic E-state index is 13.0. The number of likely N-dealkylation sites (N-methyl/N-ethyl adjacent to an activating group) is 1. The Morgan fingerprint density at radius 3 is 2.23 bits per heavy atom. The van der Waals surface area contributed by atoms with Crippen LogP contribution in [-0.2, 0) is 17.6 Å². The van der Waals surface area contributed by atoms with Gasteiger partial charge in [0.1, 0.15) is 5.78 Å². The van der Waals surface area contributed by atoms with Crippen LogP contribution >= 0.6 is 0 Å². The zero-order chi connectivity index (χ0) is 28.0. The van der Waals surface area contributed by atoms with Crippen molar-refractivity contribution in [3.63, 3.8) is 0 Å². The summed E-state index contributed by atoms with van der Waals surface area (Å²) in [6, 6.07) is 22.5. The van der Waals surface area contributed by atoms with Gasteiger partial charge in [-0.3, -0.25) is 9.69 Å². The Bertz CT molecular complexity index is 959. The molecule has 0 bridgehead atoms. The number of aryl methyl sites for hydroxylation is 1. The molecule has 1 aliphatic carbocycles. The fourth-order valence-electron chi connectivity index (χ4n) is 7.06. The zero-order valence-corrected chi connectivity index (χ0v) is 25.4. The van der Waals surface area contributed by atoms with E-state index in [1.165, 1.54) is 88.4 Å². The second kappa shape index (κ2) is 17.1. The van der Waals surface area contributed by atoms with Gasteiger partial charge in [0.2, 0.25) is 0 Å². The summed E-state index contributed by atoms with van der Waals surface area (Å²) < 4.78 is 0. The van der Waals surface area contributed by atoms with E-state index in [9.17, 15) is 4.79 Å². The van der Waals surface area contributed by atoms with Gasteiger partial charge in [-0.15, -0.1) is 0 Å². The van der Waals surface area contributed by atoms with E-state index in [1.54, 1.807) is 0 Å². The molecule has 40 heavy (non-hydrogen) atoms. The van der Waals surface area contributed by atoms with Crippen LogP contribution < -0.4 is 5.32 Å². The normalized spacial score (nSPS) is 20.1. The molecule has 0 radical (unpaired) electrons. The first-order valence-electron chi connectivity index (χ1n) is 16.4. The van der Waals surface area contributed by atoms with Crippen LogP contribution in [0, 0.1) is 11.8 Å². The lowest BCUT2D eigenvalue weighted by Crippen LogP contribution is -2.45. The first-order chi connectivity index (χ1) is 19.6. The predicted molar refractivity (Wildman–Crippen MR) is 169 cm³/mol. The van der Waals surface area contributed by atoms with Gasteiger partial charge in [-0.2, -0.15) is 0 Å². The number of hydrogen-bond acceptors (Lipinski definition) is 4. The molecular formula is C36H55N3O. The number of carbonyl (C=O) groups is 1. The number of rotatable bonds is 17. The molecule has 3 atom stereocenters. The summed E-state index contributed by atoms with van der Waals surface area (Å²) >= 11 is 0. The molecule has 1 heterocycles. The Kier molecular flexibility index (Phi) is 13.2. The van der Waals surface area contributed by atoms with Gasteiger partial charge in [0.15, 0.2) is 0 Å². The highest BCUT2D eigenvalue weighted by molar-refractivity contribution is 5.83. The molecule has 4 rings (SSSR count). The Morgan fingerprint density at radius 2 is 1.55 bits per heavy atom. The molecular weight excluding hydrogens is 490 g/mol. The van der Waals surface area contributed by atoms with E-state index >= 15 is 0 Å². The van der Waals surface area contributed by atoms with Crippen LogP contribution in [0.2, 0.25) is 0 Å². The second-order valence-electron chi connectivity index (χ2n) is 12.6. The molecule has 4 nitrogen and oxygen atoms in total. The van der Waals surface area contributed by atoms with E-state index in [-0.39, 0.29) is 6.04 Å². The summed E-state index contributed by atoms with van der Waals surface area (Å²) in [7, 11) is 1.92. The molecule has 1 aliphatic heterocycles. The van der Waals surface area contributed by atoms with Gasteiger partial charge in [0, 0.05) is 32.1 Å². The van der Waals surface area contributed by atoms with Crippen LogP contribution in [0.3, 0.4) is 0 Å². The van der Waals surface area contributed by atoms with Crippen molar-refractivity contribution < 1.29 is 4.79 Å². The third-order valence-electron chi connectivity index (χ3n) is 9.73. The summed E-state index contributed by atoms with van der Waals surface area (Å²) in [4.78, 5) is 18.6. The molecule has 1 saturated heterocycles. The van der Waals surface area contributed by atoms with Gasteiger partial charge in [0.25, 0.3) is 0 Å². The van der Waals surface area contributed by atoms with E-state index in [0.717, 1.165) is 38.4 Å². The Hall–Kier alpha value is -2.01. The highest BCUT2D eigenvalue weighted by Crippen LogP contribution is 2.34. The standard InChI is InChI=1S/C36H55N3O/c1-30(37-2)36(40)27-34(33-20-10-5-11-21-33)28-39-25-14-22-35(39)29-38(26-23-32-17-8-4-9-18-32)24-13-12-19-31-15-6-3-7-16-31/h3-4,6-9,15-18,30,33-35,37H,5,10-14,19-29H2,1-2H3/t30-,34+,35-/m0/s1. The van der Waals surface area contributed by atoms with Crippen LogP contribution in [0.5, 0.6) is 0 Å². The maximum absolute atomic E-state index is 13.0. The fraction of sp³-hybridized carbons (Fsp3) is 0.639. The minimum absolute atomic E-state index is 0.0372. The molecule has 0 spiro atoms. The topological polar surface area (TPSA) is 35.6 Å². The highest BCUT2D eigenvalue weighted by atomic mass is 16.1. The van der Waals surface area contributed by atoms with Crippen LogP contribution in [0.25, 0.3) is 0 Å². The van der Waals surface area contributed by atoms with E-state index in [2.05, 4.69) is 75.8 Å². The number of Topliss-reactive ketones (excluding diaryl/α,β-unsaturated/α-hetero) is 1. The van der Waals surface area contributed by atoms with Crippen LogP contribution in [0.15, 0.2) is 60.7 Å². The minimum atomic E-state index is -0.0372. The summed E-state index contributed by atoms with van der Waals surface area (Å²) in [5.74, 6) is 1.62. The highest BCUT2D eigenvalue weighted by Gasteiger charge is 2.33. The summed E-state index contributed by atoms with van der Waals surface area (Å²) in [5.41, 5.74) is 2.89. The van der Waals surface area contributed by atoms with Crippen molar-refractivity contribution in [3.05, 3.63) is 71.8 Å². The Morgan fingerprint density at radius 1 is 0.875 bits per heavy atom. The van der Waals surface area contributed by atoms with Crippen molar-refractivity contribution in [2.75, 3.05) is 39.8 Å². The largest absolute Gasteiger partial charge is 0.311 e. The number of benzene rings is 2. The molecule has 0 amide bonds. The van der Waals surface area contributed by atoms with Gasteiger partial charge in [-0.25, -0.2) is 0 Å². The van der Waals surface area contributed by atoms with Gasteiger partial charge in [-0.1, -0.05) is 92.8 Å². The van der Waals surface area contributed by atoms with E-state index in [0.29, 0.717) is 17.7 Å². The van der Waals surface area contributed by atoms with Crippen molar-refractivity contribution in [3.8, 4) is 0 Å². The third kappa shape index (κ3) is 10.1. The summed E-state index contributed by atoms with van der Waals surface area (Å²) in [6.07, 6.45) is 14.8. The van der Waals surface area contributed by atoms with E-state index in [4.69, 9.17) is 0 Å². The summed E-state index contributed by atoms with van der Waals surface area (Å²) in [5, 5.41) is 3.19. The molecule has 1 saturated carbocycles. The van der Waals surface area contributed by atoms with Crippen LogP contribution in [0.4, 0.5) is 0 Å². The quantitative estimate of drug-likeness (QED) is 0.222. The lowest BCUT2D eigenvalue weighted by molar-refractivity contribution is -0.122. The van der Waals surface area contributed by atoms with Gasteiger partial charge in [0.05, 0.1) is 6.04 Å². The molecule has 1 N–H and O–H groups in total. The van der Waals surface area contributed by atoms with Gasteiger partial charge >= 0.3 is 0 Å². The maximum Gasteiger partial charge on any atom is 0.149 e. The molecule has 0 unspecified atom stereocenters. The van der Waals surface area contributed by atoms with Crippen molar-refractivity contribution in [2.24, 2.45) is 11.8 Å². The van der Waals surface area contributed by atoms with Crippen LogP contribution in [-0.4, -0.2) is 67.4 Å². The minimum Gasteiger partial charge on any atom is -0.311 e. The second-order valence-corrected chi connectivity index (χ2v) is 12.6. The first kappa shape index (κ1) is 30.9. The Labute approximate surface area is 244 Å². The van der Waals surface area contributed by atoms with Crippen molar-refractivity contribution in [1.29, 1.82) is 0 Å². The van der Waals surface area contributed by atoms with Crippen LogP contribution in [0.1, 0.15) is 82.3 Å². The lowest BCUT2D eigenvalue weighted by atomic mass is 9.77. The number of nitrogens with zero attached hydrogens (tertiary/aromatic N) is 2. The molecule has 2 aromatic rings. The predicted octanol–water partition coefficient (Wildman–Crippen LogP) is 6.78. The smallest absolute Gasteiger partial charge is 0.149 e. The first-order valence-corrected chi connectivity index (χ1v) is 16.4. The average Bonchev–Trinajstić information content (AvgIpc) is 3.44. The molecule has 2 aromatic carbocycles. The third-order valence-corrected chi connectivity index (χ3v) is 9.73. The molecule has 220 valence electrons. The van der Waals surface area contributed by atoms with Crippen molar-refractivity contribution in [2.45, 2.75) is 96.1 Å². The number of unbranched alkanes of at least 4 members (excludes halogenated alkanes) is 1. The molecule has 4 heteroatoms. The summed E-state index contributed by atoms with van der Waals surface area (Å²) in [6.45, 7) is 7.80. The Balaban J connectivity index is 1.36. The van der Waals surface area contributed by atoms with Gasteiger partial charge in [-0.05, 0) is 88.5 Å². The molecule has 2 aliphatic rings. The fourth-order valence-corrected chi connectivity index (χ4v) is 7.06. The van der Waals surface area contributed by atoms with Gasteiger partial charge < -0.3 is 10.2 Å².